The molecule has 0 aliphatic heterocycles. The number of rotatable bonds is 7. The minimum absolute atomic E-state index is 0.173. The van der Waals surface area contributed by atoms with Gasteiger partial charge >= 0.3 is 0 Å². The zero-order chi connectivity index (χ0) is 12.0. The van der Waals surface area contributed by atoms with Crippen molar-refractivity contribution >= 4 is 21.2 Å². The topological polar surface area (TPSA) is 59.1 Å². The molecule has 6 heteroatoms. The zero-order valence-electron chi connectivity index (χ0n) is 9.64. The van der Waals surface area contributed by atoms with Crippen LogP contribution >= 0.6 is 11.3 Å². The van der Waals surface area contributed by atoms with Crippen LogP contribution in [0.2, 0.25) is 0 Å². The van der Waals surface area contributed by atoms with Crippen LogP contribution in [0, 0.1) is 0 Å². The first-order valence-corrected chi connectivity index (χ1v) is 8.12. The van der Waals surface area contributed by atoms with Crippen LogP contribution in [-0.4, -0.2) is 31.5 Å². The summed E-state index contributed by atoms with van der Waals surface area (Å²) in [5, 5.41) is 6.19. The molecule has 4 nitrogen and oxygen atoms in total. The zero-order valence-corrected chi connectivity index (χ0v) is 11.3. The molecule has 1 atom stereocenters. The third-order valence-corrected chi connectivity index (χ3v) is 5.00. The molecule has 0 amide bonds. The summed E-state index contributed by atoms with van der Waals surface area (Å²) in [5.74, 6) is 0.411. The summed E-state index contributed by atoms with van der Waals surface area (Å²) < 4.78 is 22.6. The Morgan fingerprint density at radius 3 is 2.75 bits per heavy atom. The van der Waals surface area contributed by atoms with Crippen LogP contribution in [0.3, 0.4) is 0 Å². The molecule has 0 bridgehead atoms. The minimum atomic E-state index is -2.87. The molecule has 0 aliphatic rings. The standard InChI is InChI=1S/C10H18N2O2S2/c1-3-9(10-12-5-7-15-10)11-6-8-16(13,14)4-2/h5,7,9,11H,3-4,6,8H2,1-2H3. The van der Waals surface area contributed by atoms with E-state index in [2.05, 4.69) is 17.2 Å². The van der Waals surface area contributed by atoms with Crippen molar-refractivity contribution in [3.05, 3.63) is 16.6 Å². The van der Waals surface area contributed by atoms with Gasteiger partial charge in [0.15, 0.2) is 9.84 Å². The van der Waals surface area contributed by atoms with Crippen LogP contribution in [0.25, 0.3) is 0 Å². The van der Waals surface area contributed by atoms with E-state index >= 15 is 0 Å². The quantitative estimate of drug-likeness (QED) is 0.811. The molecular formula is C10H18N2O2S2. The van der Waals surface area contributed by atoms with Gasteiger partial charge in [0.25, 0.3) is 0 Å². The third-order valence-electron chi connectivity index (χ3n) is 2.40. The van der Waals surface area contributed by atoms with Crippen LogP contribution in [0.4, 0.5) is 0 Å². The SMILES string of the molecule is CCC(NCCS(=O)(=O)CC)c1nccs1. The molecular weight excluding hydrogens is 244 g/mol. The fourth-order valence-electron chi connectivity index (χ4n) is 1.35. The van der Waals surface area contributed by atoms with Gasteiger partial charge in [-0.05, 0) is 6.42 Å². The van der Waals surface area contributed by atoms with Crippen molar-refractivity contribution in [2.24, 2.45) is 0 Å². The first-order chi connectivity index (χ1) is 7.59. The van der Waals surface area contributed by atoms with Crippen LogP contribution in [0.5, 0.6) is 0 Å². The van der Waals surface area contributed by atoms with Gasteiger partial charge in [-0.3, -0.25) is 0 Å². The van der Waals surface area contributed by atoms with Crippen LogP contribution in [-0.2, 0) is 9.84 Å². The highest BCUT2D eigenvalue weighted by atomic mass is 32.2. The molecule has 0 aliphatic carbocycles. The molecule has 0 aromatic carbocycles. The van der Waals surface area contributed by atoms with Gasteiger partial charge in [0, 0.05) is 23.9 Å². The Morgan fingerprint density at radius 1 is 1.50 bits per heavy atom. The van der Waals surface area contributed by atoms with Gasteiger partial charge in [-0.2, -0.15) is 0 Å². The fraction of sp³-hybridized carbons (Fsp3) is 0.700. The second kappa shape index (κ2) is 6.32. The Morgan fingerprint density at radius 2 is 2.25 bits per heavy atom. The molecule has 0 spiro atoms. The largest absolute Gasteiger partial charge is 0.307 e. The summed E-state index contributed by atoms with van der Waals surface area (Å²) in [6, 6.07) is 0.173. The van der Waals surface area contributed by atoms with Gasteiger partial charge < -0.3 is 5.32 Å². The summed E-state index contributed by atoms with van der Waals surface area (Å²) in [6.45, 7) is 4.23. The minimum Gasteiger partial charge on any atom is -0.307 e. The van der Waals surface area contributed by atoms with Crippen molar-refractivity contribution in [3.8, 4) is 0 Å². The first kappa shape index (κ1) is 13.6. The van der Waals surface area contributed by atoms with E-state index in [1.807, 2.05) is 5.38 Å². The van der Waals surface area contributed by atoms with Crippen molar-refractivity contribution < 1.29 is 8.42 Å². The van der Waals surface area contributed by atoms with E-state index in [0.29, 0.717) is 6.54 Å². The third kappa shape index (κ3) is 4.19. The monoisotopic (exact) mass is 262 g/mol. The number of thiazole rings is 1. The number of aromatic nitrogens is 1. The second-order valence-corrected chi connectivity index (χ2v) is 6.92. The summed E-state index contributed by atoms with van der Waals surface area (Å²) in [5.41, 5.74) is 0. The molecule has 0 saturated carbocycles. The second-order valence-electron chi connectivity index (χ2n) is 3.52. The van der Waals surface area contributed by atoms with E-state index in [4.69, 9.17) is 0 Å². The summed E-state index contributed by atoms with van der Waals surface area (Å²) in [6.07, 6.45) is 2.69. The number of hydrogen-bond donors (Lipinski definition) is 1. The molecule has 1 aromatic heterocycles. The maximum absolute atomic E-state index is 11.3. The van der Waals surface area contributed by atoms with Gasteiger partial charge in [-0.1, -0.05) is 13.8 Å². The van der Waals surface area contributed by atoms with Gasteiger partial charge in [-0.25, -0.2) is 13.4 Å². The van der Waals surface area contributed by atoms with Gasteiger partial charge in [0.05, 0.1) is 11.8 Å². The van der Waals surface area contributed by atoms with Crippen molar-refractivity contribution in [1.29, 1.82) is 0 Å². The number of hydrogen-bond acceptors (Lipinski definition) is 5. The van der Waals surface area contributed by atoms with Crippen LogP contribution in [0.15, 0.2) is 11.6 Å². The molecule has 0 fully saturated rings. The number of sulfone groups is 1. The van der Waals surface area contributed by atoms with E-state index in [-0.39, 0.29) is 17.5 Å². The average Bonchev–Trinajstić information content (AvgIpc) is 2.78. The summed E-state index contributed by atoms with van der Waals surface area (Å²) in [4.78, 5) is 4.23. The van der Waals surface area contributed by atoms with E-state index in [9.17, 15) is 8.42 Å². The van der Waals surface area contributed by atoms with E-state index in [0.717, 1.165) is 11.4 Å². The summed E-state index contributed by atoms with van der Waals surface area (Å²) in [7, 11) is -2.87. The molecule has 0 saturated heterocycles. The first-order valence-electron chi connectivity index (χ1n) is 5.42. The predicted molar refractivity (Wildman–Crippen MR) is 67.5 cm³/mol. The van der Waals surface area contributed by atoms with Crippen LogP contribution in [0.1, 0.15) is 31.3 Å². The highest BCUT2D eigenvalue weighted by Crippen LogP contribution is 2.18. The Kier molecular flexibility index (Phi) is 5.37. The van der Waals surface area contributed by atoms with Crippen molar-refractivity contribution in [2.75, 3.05) is 18.1 Å². The van der Waals surface area contributed by atoms with Crippen molar-refractivity contribution in [1.82, 2.24) is 10.3 Å². The lowest BCUT2D eigenvalue weighted by atomic mass is 10.2. The Bertz CT molecular complexity index is 387. The maximum Gasteiger partial charge on any atom is 0.151 e. The van der Waals surface area contributed by atoms with Crippen LogP contribution < -0.4 is 5.32 Å². The Labute approximate surface area is 101 Å². The lowest BCUT2D eigenvalue weighted by molar-refractivity contribution is 0.529. The normalized spacial score (nSPS) is 13.9. The maximum atomic E-state index is 11.3. The molecule has 1 unspecified atom stereocenters. The predicted octanol–water partition coefficient (Wildman–Crippen LogP) is 1.62. The lowest BCUT2D eigenvalue weighted by Gasteiger charge is -2.13. The number of nitrogens with zero attached hydrogens (tertiary/aromatic N) is 1. The van der Waals surface area contributed by atoms with Crippen molar-refractivity contribution in [2.45, 2.75) is 26.3 Å². The van der Waals surface area contributed by atoms with Gasteiger partial charge in [0.2, 0.25) is 0 Å². The average molecular weight is 262 g/mol. The molecule has 1 rings (SSSR count). The van der Waals surface area contributed by atoms with E-state index in [1.54, 1.807) is 24.5 Å². The van der Waals surface area contributed by atoms with Gasteiger partial charge in [-0.15, -0.1) is 11.3 Å². The highest BCUT2D eigenvalue weighted by Gasteiger charge is 2.13. The highest BCUT2D eigenvalue weighted by molar-refractivity contribution is 7.91. The fourth-order valence-corrected chi connectivity index (χ4v) is 2.86. The summed E-state index contributed by atoms with van der Waals surface area (Å²) >= 11 is 1.60. The van der Waals surface area contributed by atoms with Gasteiger partial charge in [0.1, 0.15) is 5.01 Å². The molecule has 16 heavy (non-hydrogen) atoms. The lowest BCUT2D eigenvalue weighted by Crippen LogP contribution is -2.27. The molecule has 1 heterocycles. The van der Waals surface area contributed by atoms with E-state index < -0.39 is 9.84 Å². The van der Waals surface area contributed by atoms with Crippen molar-refractivity contribution in [3.63, 3.8) is 0 Å². The Balaban J connectivity index is 2.42. The smallest absolute Gasteiger partial charge is 0.151 e. The molecule has 0 radical (unpaired) electrons. The Hall–Kier alpha value is -0.460. The number of nitrogens with one attached hydrogen (secondary N) is 1. The van der Waals surface area contributed by atoms with E-state index in [1.165, 1.54) is 0 Å². The molecule has 1 N–H and O–H groups in total. The molecule has 92 valence electrons. The molecule has 1 aromatic rings.